The molecular formula is C13H16N4S2. The average Bonchev–Trinajstić information content (AvgIpc) is 2.77. The van der Waals surface area contributed by atoms with Crippen LogP contribution in [0.3, 0.4) is 0 Å². The molecule has 6 heteroatoms. The molecule has 0 saturated heterocycles. The molecule has 2 heterocycles. The second-order valence-electron chi connectivity index (χ2n) is 5.19. The first kappa shape index (κ1) is 13.9. The molecule has 0 spiro atoms. The lowest BCUT2D eigenvalue weighted by Crippen LogP contribution is -2.12. The Morgan fingerprint density at radius 1 is 1.32 bits per heavy atom. The van der Waals surface area contributed by atoms with Gasteiger partial charge in [-0.1, -0.05) is 39.1 Å². The van der Waals surface area contributed by atoms with Crippen molar-refractivity contribution in [2.24, 2.45) is 5.73 Å². The highest BCUT2D eigenvalue weighted by Gasteiger charge is 2.17. The van der Waals surface area contributed by atoms with Crippen molar-refractivity contribution in [3.63, 3.8) is 0 Å². The van der Waals surface area contributed by atoms with E-state index < -0.39 is 0 Å². The molecule has 0 bridgehead atoms. The van der Waals surface area contributed by atoms with E-state index in [1.807, 2.05) is 12.1 Å². The Bertz CT molecular complexity index is 599. The van der Waals surface area contributed by atoms with Crippen LogP contribution in [0.15, 0.2) is 23.6 Å². The van der Waals surface area contributed by atoms with Crippen LogP contribution in [0.4, 0.5) is 10.9 Å². The zero-order valence-corrected chi connectivity index (χ0v) is 12.7. The zero-order chi connectivity index (χ0) is 14.0. The summed E-state index contributed by atoms with van der Waals surface area (Å²) in [6.45, 7) is 6.41. The van der Waals surface area contributed by atoms with Gasteiger partial charge in [-0.2, -0.15) is 0 Å². The first-order valence-electron chi connectivity index (χ1n) is 5.86. The SMILES string of the molecule is CC(C)(C)c1csc(Nc2cccc(C(N)=S)n2)n1. The van der Waals surface area contributed by atoms with Crippen LogP contribution in [-0.4, -0.2) is 15.0 Å². The number of hydrogen-bond acceptors (Lipinski definition) is 5. The van der Waals surface area contributed by atoms with Gasteiger partial charge in [-0.3, -0.25) is 0 Å². The fourth-order valence-electron chi connectivity index (χ4n) is 1.43. The van der Waals surface area contributed by atoms with Gasteiger partial charge in [-0.05, 0) is 12.1 Å². The molecule has 0 aliphatic heterocycles. The van der Waals surface area contributed by atoms with Gasteiger partial charge >= 0.3 is 0 Å². The Morgan fingerprint density at radius 2 is 2.05 bits per heavy atom. The van der Waals surface area contributed by atoms with Crippen LogP contribution in [0.25, 0.3) is 0 Å². The van der Waals surface area contributed by atoms with Crippen molar-refractivity contribution < 1.29 is 0 Å². The number of aromatic nitrogens is 2. The van der Waals surface area contributed by atoms with Crippen molar-refractivity contribution in [1.29, 1.82) is 0 Å². The number of nitrogens with two attached hydrogens (primary N) is 1. The highest BCUT2D eigenvalue weighted by atomic mass is 32.1. The molecule has 0 radical (unpaired) electrons. The summed E-state index contributed by atoms with van der Waals surface area (Å²) in [6.07, 6.45) is 0. The minimum atomic E-state index is 0.0462. The van der Waals surface area contributed by atoms with E-state index in [1.54, 1.807) is 17.4 Å². The number of anilines is 2. The van der Waals surface area contributed by atoms with Crippen molar-refractivity contribution >= 4 is 39.5 Å². The van der Waals surface area contributed by atoms with Gasteiger partial charge in [-0.25, -0.2) is 9.97 Å². The van der Waals surface area contributed by atoms with Gasteiger partial charge in [0, 0.05) is 10.8 Å². The van der Waals surface area contributed by atoms with Crippen LogP contribution < -0.4 is 11.1 Å². The van der Waals surface area contributed by atoms with Crippen LogP contribution in [0.2, 0.25) is 0 Å². The molecule has 0 aromatic carbocycles. The van der Waals surface area contributed by atoms with E-state index in [4.69, 9.17) is 18.0 Å². The molecule has 100 valence electrons. The fourth-order valence-corrected chi connectivity index (χ4v) is 2.48. The topological polar surface area (TPSA) is 63.8 Å². The number of rotatable bonds is 3. The van der Waals surface area contributed by atoms with E-state index in [9.17, 15) is 0 Å². The summed E-state index contributed by atoms with van der Waals surface area (Å²) in [4.78, 5) is 9.17. The molecular weight excluding hydrogens is 276 g/mol. The molecule has 0 amide bonds. The first-order valence-corrected chi connectivity index (χ1v) is 7.15. The second kappa shape index (κ2) is 5.22. The van der Waals surface area contributed by atoms with Crippen molar-refractivity contribution in [3.05, 3.63) is 35.0 Å². The zero-order valence-electron chi connectivity index (χ0n) is 11.1. The minimum absolute atomic E-state index is 0.0462. The van der Waals surface area contributed by atoms with Crippen LogP contribution in [0.1, 0.15) is 32.2 Å². The molecule has 3 N–H and O–H groups in total. The van der Waals surface area contributed by atoms with Crippen LogP contribution in [0, 0.1) is 0 Å². The van der Waals surface area contributed by atoms with Gasteiger partial charge in [0.25, 0.3) is 0 Å². The summed E-state index contributed by atoms with van der Waals surface area (Å²) in [5.41, 5.74) is 7.28. The Hall–Kier alpha value is -1.53. The quantitative estimate of drug-likeness (QED) is 0.850. The summed E-state index contributed by atoms with van der Waals surface area (Å²) < 4.78 is 0. The summed E-state index contributed by atoms with van der Waals surface area (Å²) >= 11 is 6.47. The smallest absolute Gasteiger partial charge is 0.188 e. The largest absolute Gasteiger partial charge is 0.388 e. The fraction of sp³-hybridized carbons (Fsp3) is 0.308. The van der Waals surface area contributed by atoms with Crippen LogP contribution in [-0.2, 0) is 5.41 Å². The Morgan fingerprint density at radius 3 is 2.63 bits per heavy atom. The molecule has 0 aliphatic carbocycles. The van der Waals surface area contributed by atoms with E-state index in [0.717, 1.165) is 10.8 Å². The number of thiocarbonyl (C=S) groups is 1. The highest BCUT2D eigenvalue weighted by Crippen LogP contribution is 2.27. The molecule has 2 rings (SSSR count). The van der Waals surface area contributed by atoms with Crippen LogP contribution >= 0.6 is 23.6 Å². The minimum Gasteiger partial charge on any atom is -0.388 e. The standard InChI is InChI=1S/C13H16N4S2/c1-13(2,3)9-7-19-12(16-9)17-10-6-4-5-8(15-10)11(14)18/h4-7H,1-3H3,(H2,14,18)(H,15,16,17). The van der Waals surface area contributed by atoms with Crippen molar-refractivity contribution in [3.8, 4) is 0 Å². The van der Waals surface area contributed by atoms with Gasteiger partial charge in [0.05, 0.1) is 11.4 Å². The molecule has 0 fully saturated rings. The lowest BCUT2D eigenvalue weighted by Gasteiger charge is -2.14. The number of nitrogens with one attached hydrogen (secondary N) is 1. The van der Waals surface area contributed by atoms with Crippen molar-refractivity contribution in [2.45, 2.75) is 26.2 Å². The Balaban J connectivity index is 2.19. The number of hydrogen-bond donors (Lipinski definition) is 2. The molecule has 2 aromatic heterocycles. The number of thiazole rings is 1. The van der Waals surface area contributed by atoms with Gasteiger partial charge in [0.1, 0.15) is 10.8 Å². The third-order valence-electron chi connectivity index (χ3n) is 2.51. The summed E-state index contributed by atoms with van der Waals surface area (Å²) in [5, 5.41) is 6.05. The Labute approximate surface area is 122 Å². The maximum absolute atomic E-state index is 5.57. The molecule has 2 aromatic rings. The van der Waals surface area contributed by atoms with Gasteiger partial charge in [0.15, 0.2) is 5.13 Å². The predicted molar refractivity (Wildman–Crippen MR) is 84.2 cm³/mol. The molecule has 0 aliphatic rings. The lowest BCUT2D eigenvalue weighted by atomic mass is 9.93. The molecule has 4 nitrogen and oxygen atoms in total. The molecule has 0 atom stereocenters. The normalized spacial score (nSPS) is 11.3. The highest BCUT2D eigenvalue weighted by molar-refractivity contribution is 7.80. The van der Waals surface area contributed by atoms with Gasteiger partial charge < -0.3 is 11.1 Å². The number of pyridine rings is 1. The van der Waals surface area contributed by atoms with Gasteiger partial charge in [0.2, 0.25) is 0 Å². The van der Waals surface area contributed by atoms with Crippen LogP contribution in [0.5, 0.6) is 0 Å². The lowest BCUT2D eigenvalue weighted by molar-refractivity contribution is 0.573. The first-order chi connectivity index (χ1) is 8.86. The molecule has 0 saturated carbocycles. The third kappa shape index (κ3) is 3.48. The van der Waals surface area contributed by atoms with E-state index in [2.05, 4.69) is 41.4 Å². The van der Waals surface area contributed by atoms with E-state index in [-0.39, 0.29) is 10.4 Å². The summed E-state index contributed by atoms with van der Waals surface area (Å²) in [7, 11) is 0. The predicted octanol–water partition coefficient (Wildman–Crippen LogP) is 3.21. The summed E-state index contributed by atoms with van der Waals surface area (Å²) in [5.74, 6) is 0.695. The molecule has 19 heavy (non-hydrogen) atoms. The van der Waals surface area contributed by atoms with E-state index in [0.29, 0.717) is 11.5 Å². The van der Waals surface area contributed by atoms with E-state index in [1.165, 1.54) is 0 Å². The van der Waals surface area contributed by atoms with Crippen molar-refractivity contribution in [1.82, 2.24) is 9.97 Å². The molecule has 0 unspecified atom stereocenters. The van der Waals surface area contributed by atoms with E-state index >= 15 is 0 Å². The third-order valence-corrected chi connectivity index (χ3v) is 3.48. The van der Waals surface area contributed by atoms with Crippen molar-refractivity contribution in [2.75, 3.05) is 5.32 Å². The Kier molecular flexibility index (Phi) is 3.82. The summed E-state index contributed by atoms with van der Waals surface area (Å²) in [6, 6.07) is 5.51. The number of nitrogens with zero attached hydrogens (tertiary/aromatic N) is 2. The second-order valence-corrected chi connectivity index (χ2v) is 6.48. The maximum atomic E-state index is 5.57. The monoisotopic (exact) mass is 292 g/mol. The average molecular weight is 292 g/mol. The maximum Gasteiger partial charge on any atom is 0.188 e. The van der Waals surface area contributed by atoms with Gasteiger partial charge in [-0.15, -0.1) is 11.3 Å².